The number of carboxylic acid groups (broad SMARTS) is 1. The van der Waals surface area contributed by atoms with Crippen molar-refractivity contribution in [1.29, 1.82) is 0 Å². The SMILES string of the molecule is CCc1ccc(CNC(=O)N2CCC[C@H](C(=O)O)C2)s1. The molecule has 0 aliphatic carbocycles. The number of piperidine rings is 1. The van der Waals surface area contributed by atoms with E-state index >= 15 is 0 Å². The summed E-state index contributed by atoms with van der Waals surface area (Å²) in [6.45, 7) is 3.57. The van der Waals surface area contributed by atoms with Crippen molar-refractivity contribution < 1.29 is 14.7 Å². The van der Waals surface area contributed by atoms with Gasteiger partial charge in [0.05, 0.1) is 12.5 Å². The first-order chi connectivity index (χ1) is 9.60. The maximum Gasteiger partial charge on any atom is 0.317 e. The number of carboxylic acids is 1. The molecule has 0 aromatic carbocycles. The molecule has 0 radical (unpaired) electrons. The average Bonchev–Trinajstić information content (AvgIpc) is 2.93. The number of carbonyl (C=O) groups is 2. The number of urea groups is 1. The van der Waals surface area contributed by atoms with E-state index in [1.54, 1.807) is 16.2 Å². The third-order valence-electron chi connectivity index (χ3n) is 3.54. The van der Waals surface area contributed by atoms with Gasteiger partial charge in [0.2, 0.25) is 0 Å². The molecule has 2 N–H and O–H groups in total. The van der Waals surface area contributed by atoms with Gasteiger partial charge in [-0.3, -0.25) is 4.79 Å². The number of carbonyl (C=O) groups excluding carboxylic acids is 1. The summed E-state index contributed by atoms with van der Waals surface area (Å²) in [7, 11) is 0. The molecule has 2 heterocycles. The Hall–Kier alpha value is -1.56. The van der Waals surface area contributed by atoms with Crippen molar-refractivity contribution >= 4 is 23.3 Å². The first kappa shape index (κ1) is 14.8. The van der Waals surface area contributed by atoms with E-state index in [0.29, 0.717) is 26.1 Å². The summed E-state index contributed by atoms with van der Waals surface area (Å²) >= 11 is 1.70. The molecule has 0 unspecified atom stereocenters. The fourth-order valence-electron chi connectivity index (χ4n) is 2.35. The fraction of sp³-hybridized carbons (Fsp3) is 0.571. The third-order valence-corrected chi connectivity index (χ3v) is 4.77. The molecule has 1 aromatic heterocycles. The van der Waals surface area contributed by atoms with Gasteiger partial charge in [-0.25, -0.2) is 4.79 Å². The summed E-state index contributed by atoms with van der Waals surface area (Å²) in [4.78, 5) is 27.1. The molecule has 2 amide bonds. The minimum absolute atomic E-state index is 0.164. The minimum Gasteiger partial charge on any atom is -0.481 e. The second-order valence-corrected chi connectivity index (χ2v) is 6.26. The van der Waals surface area contributed by atoms with E-state index in [4.69, 9.17) is 5.11 Å². The Morgan fingerprint density at radius 3 is 2.85 bits per heavy atom. The smallest absolute Gasteiger partial charge is 0.317 e. The third kappa shape index (κ3) is 3.72. The first-order valence-electron chi connectivity index (χ1n) is 6.93. The van der Waals surface area contributed by atoms with Crippen LogP contribution in [0.3, 0.4) is 0 Å². The van der Waals surface area contributed by atoms with E-state index in [1.165, 1.54) is 4.88 Å². The minimum atomic E-state index is -0.812. The Morgan fingerprint density at radius 1 is 1.45 bits per heavy atom. The number of nitrogens with one attached hydrogen (secondary N) is 1. The van der Waals surface area contributed by atoms with Crippen LogP contribution in [0, 0.1) is 5.92 Å². The zero-order valence-corrected chi connectivity index (χ0v) is 12.4. The molecule has 110 valence electrons. The lowest BCUT2D eigenvalue weighted by Gasteiger charge is -2.30. The zero-order chi connectivity index (χ0) is 14.5. The van der Waals surface area contributed by atoms with Crippen molar-refractivity contribution in [2.45, 2.75) is 32.7 Å². The van der Waals surface area contributed by atoms with Crippen LogP contribution < -0.4 is 5.32 Å². The number of aliphatic carboxylic acids is 1. The van der Waals surface area contributed by atoms with Gasteiger partial charge in [0.25, 0.3) is 0 Å². The van der Waals surface area contributed by atoms with E-state index in [9.17, 15) is 9.59 Å². The monoisotopic (exact) mass is 296 g/mol. The predicted molar refractivity (Wildman–Crippen MR) is 77.9 cm³/mol. The van der Waals surface area contributed by atoms with Gasteiger partial charge in [0.1, 0.15) is 0 Å². The van der Waals surface area contributed by atoms with Crippen molar-refractivity contribution in [3.05, 3.63) is 21.9 Å². The number of aryl methyl sites for hydroxylation is 1. The van der Waals surface area contributed by atoms with Crippen LogP contribution in [-0.2, 0) is 17.8 Å². The molecule has 0 spiro atoms. The largest absolute Gasteiger partial charge is 0.481 e. The van der Waals surface area contributed by atoms with Crippen LogP contribution in [0.2, 0.25) is 0 Å². The molecule has 1 aromatic rings. The summed E-state index contributed by atoms with van der Waals surface area (Å²) < 4.78 is 0. The molecule has 0 saturated carbocycles. The Balaban J connectivity index is 1.83. The van der Waals surface area contributed by atoms with Crippen molar-refractivity contribution in [2.24, 2.45) is 5.92 Å². The van der Waals surface area contributed by atoms with E-state index in [1.807, 2.05) is 6.07 Å². The van der Waals surface area contributed by atoms with Gasteiger partial charge in [-0.05, 0) is 31.4 Å². The molecule has 1 fully saturated rings. The summed E-state index contributed by atoms with van der Waals surface area (Å²) in [5.41, 5.74) is 0. The molecule has 1 saturated heterocycles. The molecule has 1 atom stereocenters. The number of hydrogen-bond donors (Lipinski definition) is 2. The lowest BCUT2D eigenvalue weighted by atomic mass is 9.99. The summed E-state index contributed by atoms with van der Waals surface area (Å²) in [6.07, 6.45) is 2.41. The van der Waals surface area contributed by atoms with Gasteiger partial charge in [0, 0.05) is 22.8 Å². The molecule has 2 rings (SSSR count). The highest BCUT2D eigenvalue weighted by atomic mass is 32.1. The summed E-state index contributed by atoms with van der Waals surface area (Å²) in [5.74, 6) is -1.24. The highest BCUT2D eigenvalue weighted by molar-refractivity contribution is 7.11. The summed E-state index contributed by atoms with van der Waals surface area (Å²) in [5, 5.41) is 11.9. The van der Waals surface area contributed by atoms with Gasteiger partial charge in [-0.2, -0.15) is 0 Å². The number of thiophene rings is 1. The molecule has 5 nitrogen and oxygen atoms in total. The van der Waals surface area contributed by atoms with Crippen molar-refractivity contribution in [3.63, 3.8) is 0 Å². The Morgan fingerprint density at radius 2 is 2.20 bits per heavy atom. The van der Waals surface area contributed by atoms with Crippen LogP contribution in [0.25, 0.3) is 0 Å². The topological polar surface area (TPSA) is 69.6 Å². The molecular formula is C14H20N2O3S. The molecular weight excluding hydrogens is 276 g/mol. The van der Waals surface area contributed by atoms with Crippen LogP contribution in [-0.4, -0.2) is 35.1 Å². The van der Waals surface area contributed by atoms with E-state index in [-0.39, 0.29) is 6.03 Å². The van der Waals surface area contributed by atoms with Gasteiger partial charge in [-0.1, -0.05) is 6.92 Å². The first-order valence-corrected chi connectivity index (χ1v) is 7.75. The number of nitrogens with zero attached hydrogens (tertiary/aromatic N) is 1. The lowest BCUT2D eigenvalue weighted by Crippen LogP contribution is -2.46. The Bertz CT molecular complexity index is 487. The highest BCUT2D eigenvalue weighted by Crippen LogP contribution is 2.18. The zero-order valence-electron chi connectivity index (χ0n) is 11.6. The lowest BCUT2D eigenvalue weighted by molar-refractivity contribution is -0.143. The quantitative estimate of drug-likeness (QED) is 0.896. The molecule has 1 aliphatic rings. The highest BCUT2D eigenvalue weighted by Gasteiger charge is 2.27. The molecule has 20 heavy (non-hydrogen) atoms. The number of hydrogen-bond acceptors (Lipinski definition) is 3. The molecule has 1 aliphatic heterocycles. The molecule has 6 heteroatoms. The van der Waals surface area contributed by atoms with E-state index in [2.05, 4.69) is 18.3 Å². The van der Waals surface area contributed by atoms with Crippen LogP contribution in [0.5, 0.6) is 0 Å². The standard InChI is InChI=1S/C14H20N2O3S/c1-2-11-5-6-12(20-11)8-15-14(19)16-7-3-4-10(9-16)13(17)18/h5-6,10H,2-4,7-9H2,1H3,(H,15,19)(H,17,18)/t10-/m0/s1. The Labute approximate surface area is 122 Å². The average molecular weight is 296 g/mol. The second-order valence-electron chi connectivity index (χ2n) is 5.00. The van der Waals surface area contributed by atoms with E-state index in [0.717, 1.165) is 17.7 Å². The fourth-order valence-corrected chi connectivity index (χ4v) is 3.24. The Kier molecular flexibility index (Phi) is 5.00. The summed E-state index contributed by atoms with van der Waals surface area (Å²) in [6, 6.07) is 3.94. The normalized spacial score (nSPS) is 18.9. The van der Waals surface area contributed by atoms with Gasteiger partial charge >= 0.3 is 12.0 Å². The van der Waals surface area contributed by atoms with Crippen molar-refractivity contribution in [3.8, 4) is 0 Å². The van der Waals surface area contributed by atoms with Crippen molar-refractivity contribution in [1.82, 2.24) is 10.2 Å². The van der Waals surface area contributed by atoms with E-state index < -0.39 is 11.9 Å². The van der Waals surface area contributed by atoms with Gasteiger partial charge < -0.3 is 15.3 Å². The molecule has 0 bridgehead atoms. The second kappa shape index (κ2) is 6.74. The van der Waals surface area contributed by atoms with Crippen LogP contribution >= 0.6 is 11.3 Å². The van der Waals surface area contributed by atoms with Crippen LogP contribution in [0.1, 0.15) is 29.5 Å². The number of amides is 2. The predicted octanol–water partition coefficient (Wildman–Crippen LogP) is 2.32. The van der Waals surface area contributed by atoms with Crippen LogP contribution in [0.15, 0.2) is 12.1 Å². The van der Waals surface area contributed by atoms with Gasteiger partial charge in [-0.15, -0.1) is 11.3 Å². The number of rotatable bonds is 4. The maximum absolute atomic E-state index is 12.0. The van der Waals surface area contributed by atoms with Crippen LogP contribution in [0.4, 0.5) is 4.79 Å². The number of likely N-dealkylation sites (tertiary alicyclic amines) is 1. The van der Waals surface area contributed by atoms with Gasteiger partial charge in [0.15, 0.2) is 0 Å². The maximum atomic E-state index is 12.0. The van der Waals surface area contributed by atoms with Crippen molar-refractivity contribution in [2.75, 3.05) is 13.1 Å².